The molecule has 3 rings (SSSR count). The predicted molar refractivity (Wildman–Crippen MR) is 121 cm³/mol. The third-order valence-electron chi connectivity index (χ3n) is 4.40. The average Bonchev–Trinajstić information content (AvgIpc) is 3.01. The van der Waals surface area contributed by atoms with Gasteiger partial charge in [0.1, 0.15) is 6.07 Å². The molecule has 0 aromatic heterocycles. The van der Waals surface area contributed by atoms with Crippen LogP contribution >= 0.6 is 22.6 Å². The first-order chi connectivity index (χ1) is 15.2. The fourth-order valence-electron chi connectivity index (χ4n) is 3.02. The van der Waals surface area contributed by atoms with Gasteiger partial charge in [-0.25, -0.2) is 0 Å². The van der Waals surface area contributed by atoms with Gasteiger partial charge in [0.2, 0.25) is 0 Å². The van der Waals surface area contributed by atoms with E-state index in [2.05, 4.69) is 5.10 Å². The smallest absolute Gasteiger partial charge is 0.416 e. The average molecular weight is 555 g/mol. The van der Waals surface area contributed by atoms with E-state index in [1.165, 1.54) is 12.1 Å². The fraction of sp³-hybridized carbons (Fsp3) is 0.227. The molecule has 1 aliphatic rings. The molecule has 0 bridgehead atoms. The lowest BCUT2D eigenvalue weighted by atomic mass is 10.1. The van der Waals surface area contributed by atoms with Gasteiger partial charge in [0.15, 0.2) is 18.1 Å². The Balaban J connectivity index is 1.96. The van der Waals surface area contributed by atoms with Crippen molar-refractivity contribution in [3.05, 3.63) is 56.7 Å². The summed E-state index contributed by atoms with van der Waals surface area (Å²) in [4.78, 5) is 13.0. The van der Waals surface area contributed by atoms with Gasteiger partial charge in [0.25, 0.3) is 5.91 Å². The highest BCUT2D eigenvalue weighted by atomic mass is 127. The molecule has 0 saturated carbocycles. The van der Waals surface area contributed by atoms with E-state index in [4.69, 9.17) is 14.7 Å². The van der Waals surface area contributed by atoms with Crippen LogP contribution in [-0.4, -0.2) is 24.8 Å². The molecule has 0 spiro atoms. The first kappa shape index (κ1) is 23.6. The number of nitriles is 1. The van der Waals surface area contributed by atoms with Gasteiger partial charge in [-0.15, -0.1) is 0 Å². The Morgan fingerprint density at radius 3 is 2.66 bits per heavy atom. The lowest BCUT2D eigenvalue weighted by Crippen LogP contribution is -2.21. The zero-order valence-corrected chi connectivity index (χ0v) is 19.2. The molecule has 0 atom stereocenters. The SMILES string of the molecule is CCOc1cc(/C=C2\C(=O)N(c3cccc(C(F)(F)F)c3)N=C2C)cc(I)c1OCC#N. The predicted octanol–water partition coefficient (Wildman–Crippen LogP) is 5.42. The number of halogens is 4. The van der Waals surface area contributed by atoms with Crippen LogP contribution in [-0.2, 0) is 11.0 Å². The van der Waals surface area contributed by atoms with Crippen molar-refractivity contribution in [1.82, 2.24) is 0 Å². The molecule has 0 aliphatic carbocycles. The van der Waals surface area contributed by atoms with Crippen molar-refractivity contribution in [2.45, 2.75) is 20.0 Å². The molecule has 0 N–H and O–H groups in total. The summed E-state index contributed by atoms with van der Waals surface area (Å²) >= 11 is 2.04. The van der Waals surface area contributed by atoms with Gasteiger partial charge in [0, 0.05) is 0 Å². The molecule has 2 aromatic carbocycles. The van der Waals surface area contributed by atoms with E-state index in [0.717, 1.165) is 17.1 Å². The highest BCUT2D eigenvalue weighted by molar-refractivity contribution is 14.1. The number of hydrogen-bond donors (Lipinski definition) is 0. The van der Waals surface area contributed by atoms with E-state index in [-0.39, 0.29) is 17.9 Å². The molecule has 10 heteroatoms. The number of carbonyl (C=O) groups is 1. The van der Waals surface area contributed by atoms with Gasteiger partial charge >= 0.3 is 6.18 Å². The molecule has 0 saturated heterocycles. The minimum atomic E-state index is -4.53. The summed E-state index contributed by atoms with van der Waals surface area (Å²) in [6, 6.07) is 9.76. The highest BCUT2D eigenvalue weighted by Gasteiger charge is 2.33. The summed E-state index contributed by atoms with van der Waals surface area (Å²) in [6.07, 6.45) is -2.94. The molecule has 1 amide bonds. The van der Waals surface area contributed by atoms with Crippen molar-refractivity contribution < 1.29 is 27.4 Å². The second kappa shape index (κ2) is 9.60. The number of alkyl halides is 3. The summed E-state index contributed by atoms with van der Waals surface area (Å²) in [7, 11) is 0. The molecule has 0 radical (unpaired) electrons. The Kier molecular flexibility index (Phi) is 7.08. The molecule has 6 nitrogen and oxygen atoms in total. The van der Waals surface area contributed by atoms with Crippen LogP contribution in [0.1, 0.15) is 25.0 Å². The minimum absolute atomic E-state index is 0.0254. The maximum Gasteiger partial charge on any atom is 0.416 e. The van der Waals surface area contributed by atoms with Crippen molar-refractivity contribution in [2.24, 2.45) is 5.10 Å². The topological polar surface area (TPSA) is 74.9 Å². The number of rotatable bonds is 6. The first-order valence-electron chi connectivity index (χ1n) is 9.40. The van der Waals surface area contributed by atoms with Crippen LogP contribution < -0.4 is 14.5 Å². The van der Waals surface area contributed by atoms with Crippen molar-refractivity contribution in [3.63, 3.8) is 0 Å². The lowest BCUT2D eigenvalue weighted by molar-refractivity contribution is -0.137. The standard InChI is InChI=1S/C22H17F3IN3O3/c1-3-31-19-11-14(10-18(26)20(19)32-8-7-27)9-17-13(2)28-29(21(17)30)16-6-4-5-15(12-16)22(23,24)25/h4-6,9-12H,3,8H2,1-2H3/b17-9-. The van der Waals surface area contributed by atoms with Crippen LogP contribution in [0.25, 0.3) is 6.08 Å². The number of amides is 1. The van der Waals surface area contributed by atoms with Gasteiger partial charge in [-0.3, -0.25) is 4.79 Å². The van der Waals surface area contributed by atoms with Crippen LogP contribution in [0.5, 0.6) is 11.5 Å². The number of hydrogen-bond acceptors (Lipinski definition) is 5. The summed E-state index contributed by atoms with van der Waals surface area (Å²) < 4.78 is 50.9. The molecule has 1 heterocycles. The minimum Gasteiger partial charge on any atom is -0.490 e. The van der Waals surface area contributed by atoms with Crippen LogP contribution in [0.15, 0.2) is 47.1 Å². The largest absolute Gasteiger partial charge is 0.490 e. The van der Waals surface area contributed by atoms with Crippen LogP contribution in [0.3, 0.4) is 0 Å². The van der Waals surface area contributed by atoms with Gasteiger partial charge in [-0.1, -0.05) is 6.07 Å². The normalized spacial score (nSPS) is 15.0. The molecule has 32 heavy (non-hydrogen) atoms. The van der Waals surface area contributed by atoms with E-state index >= 15 is 0 Å². The fourth-order valence-corrected chi connectivity index (χ4v) is 3.80. The third-order valence-corrected chi connectivity index (χ3v) is 5.21. The Hall–Kier alpha value is -3.07. The molecule has 0 unspecified atom stereocenters. The van der Waals surface area contributed by atoms with Gasteiger partial charge < -0.3 is 9.47 Å². The Morgan fingerprint density at radius 2 is 2.00 bits per heavy atom. The molecule has 2 aromatic rings. The maximum atomic E-state index is 13.1. The van der Waals surface area contributed by atoms with Crippen LogP contribution in [0, 0.1) is 14.9 Å². The molecular formula is C22H17F3IN3O3. The van der Waals surface area contributed by atoms with Crippen LogP contribution in [0.2, 0.25) is 0 Å². The molecule has 1 aliphatic heterocycles. The molecule has 166 valence electrons. The Morgan fingerprint density at radius 1 is 1.25 bits per heavy atom. The second-order valence-corrected chi connectivity index (χ2v) is 7.78. The number of hydrazone groups is 1. The zero-order valence-electron chi connectivity index (χ0n) is 17.0. The Bertz CT molecular complexity index is 1150. The maximum absolute atomic E-state index is 13.1. The number of benzene rings is 2. The van der Waals surface area contributed by atoms with Crippen molar-refractivity contribution in [3.8, 4) is 17.6 Å². The number of ether oxygens (including phenoxy) is 2. The van der Waals surface area contributed by atoms with Gasteiger partial charge in [-0.2, -0.15) is 28.5 Å². The summed E-state index contributed by atoms with van der Waals surface area (Å²) in [6.45, 7) is 3.63. The quantitative estimate of drug-likeness (QED) is 0.353. The van der Waals surface area contributed by atoms with E-state index < -0.39 is 17.6 Å². The van der Waals surface area contributed by atoms with E-state index in [9.17, 15) is 18.0 Å². The summed E-state index contributed by atoms with van der Waals surface area (Å²) in [5.41, 5.74) is 0.386. The number of carbonyl (C=O) groups excluding carboxylic acids is 1. The molecular weight excluding hydrogens is 538 g/mol. The van der Waals surface area contributed by atoms with Crippen molar-refractivity contribution >= 4 is 46.0 Å². The summed E-state index contributed by atoms with van der Waals surface area (Å²) in [5, 5.41) is 13.9. The monoisotopic (exact) mass is 555 g/mol. The third kappa shape index (κ3) is 5.04. The first-order valence-corrected chi connectivity index (χ1v) is 10.5. The van der Waals surface area contributed by atoms with Gasteiger partial charge in [-0.05, 0) is 78.4 Å². The van der Waals surface area contributed by atoms with E-state index in [1.807, 2.05) is 28.7 Å². The lowest BCUT2D eigenvalue weighted by Gasteiger charge is -2.14. The number of anilines is 1. The Labute approximate surface area is 196 Å². The summed E-state index contributed by atoms with van der Waals surface area (Å²) in [5.74, 6) is 0.292. The van der Waals surface area contributed by atoms with Crippen LogP contribution in [0.4, 0.5) is 18.9 Å². The molecule has 0 fully saturated rings. The number of nitrogens with zero attached hydrogens (tertiary/aromatic N) is 3. The van der Waals surface area contributed by atoms with Crippen molar-refractivity contribution in [2.75, 3.05) is 18.2 Å². The van der Waals surface area contributed by atoms with E-state index in [1.54, 1.807) is 32.1 Å². The van der Waals surface area contributed by atoms with Gasteiger partial charge in [0.05, 0.1) is 32.7 Å². The van der Waals surface area contributed by atoms with E-state index in [0.29, 0.717) is 33.0 Å². The zero-order chi connectivity index (χ0) is 23.5. The second-order valence-electron chi connectivity index (χ2n) is 6.62. The highest BCUT2D eigenvalue weighted by Crippen LogP contribution is 2.36. The van der Waals surface area contributed by atoms with Crippen molar-refractivity contribution in [1.29, 1.82) is 5.26 Å².